The second kappa shape index (κ2) is 6.80. The maximum absolute atomic E-state index is 12.4. The maximum Gasteiger partial charge on any atom is 0.272 e. The minimum absolute atomic E-state index is 0.0848. The van der Waals surface area contributed by atoms with Gasteiger partial charge in [-0.15, -0.1) is 0 Å². The normalized spacial score (nSPS) is 10.9. The number of rotatable bonds is 4. The predicted octanol–water partition coefficient (Wildman–Crippen LogP) is 2.94. The van der Waals surface area contributed by atoms with Gasteiger partial charge < -0.3 is 5.32 Å². The molecule has 26 heavy (non-hydrogen) atoms. The molecule has 3 aromatic carbocycles. The Bertz CT molecular complexity index is 1160. The van der Waals surface area contributed by atoms with Crippen LogP contribution in [0.25, 0.3) is 21.5 Å². The summed E-state index contributed by atoms with van der Waals surface area (Å²) in [5.74, 6) is -0.0848. The number of carbonyl (C=O) groups is 1. The molecule has 0 unspecified atom stereocenters. The molecule has 1 amide bonds. The third-order valence-corrected chi connectivity index (χ3v) is 4.46. The van der Waals surface area contributed by atoms with Crippen LogP contribution in [-0.4, -0.2) is 16.1 Å². The van der Waals surface area contributed by atoms with Crippen molar-refractivity contribution in [1.29, 1.82) is 0 Å². The fraction of sp³-hybridized carbons (Fsp3) is 0.0952. The first-order valence-corrected chi connectivity index (χ1v) is 8.42. The molecule has 5 nitrogen and oxygen atoms in total. The van der Waals surface area contributed by atoms with Crippen LogP contribution in [0.15, 0.2) is 71.5 Å². The zero-order chi connectivity index (χ0) is 17.9. The highest BCUT2D eigenvalue weighted by atomic mass is 16.1. The Morgan fingerprint density at radius 1 is 0.885 bits per heavy atom. The monoisotopic (exact) mass is 343 g/mol. The molecule has 4 aromatic rings. The molecule has 0 saturated carbocycles. The summed E-state index contributed by atoms with van der Waals surface area (Å²) in [4.78, 5) is 24.3. The summed E-state index contributed by atoms with van der Waals surface area (Å²) in [6.45, 7) is 0.265. The Morgan fingerprint density at radius 2 is 1.58 bits per heavy atom. The van der Waals surface area contributed by atoms with E-state index in [1.54, 1.807) is 12.1 Å². The maximum atomic E-state index is 12.4. The average molecular weight is 343 g/mol. The Morgan fingerprint density at radius 3 is 2.42 bits per heavy atom. The molecule has 0 bridgehead atoms. The molecule has 0 aliphatic rings. The van der Waals surface area contributed by atoms with Gasteiger partial charge in [0, 0.05) is 5.39 Å². The molecule has 128 valence electrons. The predicted molar refractivity (Wildman–Crippen MR) is 102 cm³/mol. The molecule has 0 saturated heterocycles. The van der Waals surface area contributed by atoms with Gasteiger partial charge >= 0.3 is 0 Å². The van der Waals surface area contributed by atoms with Gasteiger partial charge in [-0.1, -0.05) is 60.7 Å². The lowest BCUT2D eigenvalue weighted by atomic mass is 10.0. The van der Waals surface area contributed by atoms with Crippen LogP contribution in [-0.2, 0) is 17.8 Å². The van der Waals surface area contributed by atoms with E-state index in [0.717, 1.165) is 21.7 Å². The zero-order valence-corrected chi connectivity index (χ0v) is 14.0. The van der Waals surface area contributed by atoms with Crippen LogP contribution in [0.3, 0.4) is 0 Å². The first-order chi connectivity index (χ1) is 12.7. The quantitative estimate of drug-likeness (QED) is 0.598. The van der Waals surface area contributed by atoms with Crippen molar-refractivity contribution >= 4 is 27.5 Å². The summed E-state index contributed by atoms with van der Waals surface area (Å²) in [6.07, 6.45) is 0.294. The Kier molecular flexibility index (Phi) is 4.19. The number of fused-ring (bicyclic) bond motifs is 2. The molecule has 0 aliphatic heterocycles. The van der Waals surface area contributed by atoms with Crippen LogP contribution < -0.4 is 10.9 Å². The lowest BCUT2D eigenvalue weighted by Crippen LogP contribution is -2.26. The van der Waals surface area contributed by atoms with Crippen LogP contribution in [0.2, 0.25) is 0 Å². The van der Waals surface area contributed by atoms with E-state index < -0.39 is 0 Å². The number of nitrogens with one attached hydrogen (secondary N) is 2. The second-order valence-corrected chi connectivity index (χ2v) is 6.14. The van der Waals surface area contributed by atoms with Gasteiger partial charge in [-0.3, -0.25) is 9.59 Å². The summed E-state index contributed by atoms with van der Waals surface area (Å²) in [6, 6.07) is 21.2. The number of nitrogens with zero attached hydrogens (tertiary/aromatic N) is 1. The summed E-state index contributed by atoms with van der Waals surface area (Å²) >= 11 is 0. The van der Waals surface area contributed by atoms with Gasteiger partial charge in [0.05, 0.1) is 24.0 Å². The highest BCUT2D eigenvalue weighted by Crippen LogP contribution is 2.19. The number of hydrogen-bond acceptors (Lipinski definition) is 3. The SMILES string of the molecule is O=C(Cc1cccc2ccccc12)NCc1n[nH]c(=O)c2ccccc12. The summed E-state index contributed by atoms with van der Waals surface area (Å²) in [7, 11) is 0. The number of carbonyl (C=O) groups excluding carboxylic acids is 1. The van der Waals surface area contributed by atoms with Crippen molar-refractivity contribution in [3.63, 3.8) is 0 Å². The van der Waals surface area contributed by atoms with Crippen molar-refractivity contribution < 1.29 is 4.79 Å². The zero-order valence-electron chi connectivity index (χ0n) is 14.0. The van der Waals surface area contributed by atoms with Crippen LogP contribution in [0.1, 0.15) is 11.3 Å². The lowest BCUT2D eigenvalue weighted by Gasteiger charge is -2.09. The third kappa shape index (κ3) is 3.07. The van der Waals surface area contributed by atoms with Crippen LogP contribution >= 0.6 is 0 Å². The van der Waals surface area contributed by atoms with E-state index in [-0.39, 0.29) is 18.0 Å². The van der Waals surface area contributed by atoms with Crippen molar-refractivity contribution in [3.8, 4) is 0 Å². The molecular weight excluding hydrogens is 326 g/mol. The highest BCUT2D eigenvalue weighted by molar-refractivity contribution is 5.90. The molecule has 1 heterocycles. The number of amides is 1. The van der Waals surface area contributed by atoms with Crippen LogP contribution in [0.4, 0.5) is 0 Å². The topological polar surface area (TPSA) is 74.8 Å². The van der Waals surface area contributed by atoms with Crippen molar-refractivity contribution in [2.45, 2.75) is 13.0 Å². The average Bonchev–Trinajstić information content (AvgIpc) is 2.68. The molecule has 0 spiro atoms. The summed E-state index contributed by atoms with van der Waals surface area (Å²) < 4.78 is 0. The first-order valence-electron chi connectivity index (χ1n) is 8.42. The van der Waals surface area contributed by atoms with E-state index in [9.17, 15) is 9.59 Å². The molecule has 5 heteroatoms. The number of H-pyrrole nitrogens is 1. The van der Waals surface area contributed by atoms with E-state index >= 15 is 0 Å². The molecule has 0 fully saturated rings. The Hall–Kier alpha value is -3.47. The van der Waals surface area contributed by atoms with E-state index in [1.165, 1.54) is 0 Å². The standard InChI is InChI=1S/C21H17N3O2/c25-20(12-15-8-5-7-14-6-1-2-9-16(14)15)22-13-19-17-10-3-4-11-18(17)21(26)24-23-19/h1-11H,12-13H2,(H,22,25)(H,24,26). The number of hydrogen-bond donors (Lipinski definition) is 2. The van der Waals surface area contributed by atoms with Gasteiger partial charge in [0.25, 0.3) is 5.56 Å². The molecule has 2 N–H and O–H groups in total. The lowest BCUT2D eigenvalue weighted by molar-refractivity contribution is -0.120. The summed E-state index contributed by atoms with van der Waals surface area (Å²) in [5.41, 5.74) is 1.40. The summed E-state index contributed by atoms with van der Waals surface area (Å²) in [5, 5.41) is 13.0. The van der Waals surface area contributed by atoms with Gasteiger partial charge in [-0.2, -0.15) is 5.10 Å². The molecule has 1 aromatic heterocycles. The van der Waals surface area contributed by atoms with Gasteiger partial charge in [0.1, 0.15) is 0 Å². The highest BCUT2D eigenvalue weighted by Gasteiger charge is 2.10. The third-order valence-electron chi connectivity index (χ3n) is 4.46. The van der Waals surface area contributed by atoms with Crippen molar-refractivity contribution in [3.05, 3.63) is 88.3 Å². The molecular formula is C21H17N3O2. The van der Waals surface area contributed by atoms with Gasteiger partial charge in [0.2, 0.25) is 5.91 Å². The van der Waals surface area contributed by atoms with Crippen molar-refractivity contribution in [2.24, 2.45) is 0 Å². The minimum atomic E-state index is -0.230. The van der Waals surface area contributed by atoms with Gasteiger partial charge in [-0.25, -0.2) is 5.10 Å². The molecule has 0 radical (unpaired) electrons. The molecule has 0 atom stereocenters. The van der Waals surface area contributed by atoms with Crippen LogP contribution in [0.5, 0.6) is 0 Å². The van der Waals surface area contributed by atoms with Crippen molar-refractivity contribution in [1.82, 2.24) is 15.5 Å². The molecule has 4 rings (SSSR count). The van der Waals surface area contributed by atoms with Gasteiger partial charge in [-0.05, 0) is 22.4 Å². The van der Waals surface area contributed by atoms with Crippen molar-refractivity contribution in [2.75, 3.05) is 0 Å². The van der Waals surface area contributed by atoms with E-state index in [0.29, 0.717) is 17.5 Å². The fourth-order valence-electron chi connectivity index (χ4n) is 3.17. The van der Waals surface area contributed by atoms with Crippen LogP contribution in [0, 0.1) is 0 Å². The largest absolute Gasteiger partial charge is 0.350 e. The number of benzene rings is 3. The van der Waals surface area contributed by atoms with E-state index in [1.807, 2.05) is 54.6 Å². The Balaban J connectivity index is 1.53. The fourth-order valence-corrected chi connectivity index (χ4v) is 3.17. The number of aromatic nitrogens is 2. The minimum Gasteiger partial charge on any atom is -0.350 e. The van der Waals surface area contributed by atoms with E-state index in [2.05, 4.69) is 15.5 Å². The van der Waals surface area contributed by atoms with Gasteiger partial charge in [0.15, 0.2) is 0 Å². The number of aromatic amines is 1. The first kappa shape index (κ1) is 16.0. The van der Waals surface area contributed by atoms with E-state index in [4.69, 9.17) is 0 Å². The molecule has 0 aliphatic carbocycles. The smallest absolute Gasteiger partial charge is 0.272 e. The Labute approximate surface area is 149 Å². The second-order valence-electron chi connectivity index (χ2n) is 6.14.